The van der Waals surface area contributed by atoms with Crippen molar-refractivity contribution >= 4 is 109 Å². The summed E-state index contributed by atoms with van der Waals surface area (Å²) in [6, 6.07) is 16.5. The second-order valence-corrected chi connectivity index (χ2v) is 30.9. The lowest BCUT2D eigenvalue weighted by atomic mass is 9.99. The van der Waals surface area contributed by atoms with Crippen molar-refractivity contribution in [2.45, 2.75) is 183 Å². The molecule has 12 amide bonds. The standard InChI is InChI=1S/C79H102N16O17S2/c1-44(2)83-39-50-25-23-49(24-26-50)36-60-75(107)95-67(45(3)97)78(110)91-59(35-47-17-8-5-9-18-47)71(103)85-57-22-14-32-82-66(99)38-62(74(106)89-61(73(105)88-60)37-51-40-84-55-20-11-10-19-53(51)55)90-72(104)58(34-46-15-6-4-7-16-46)87-69(101)56(21-12-13-31-80)86-77(109)64(93-68(100)54(81)33-48-27-29-52(98)30-28-48)42-113-114-43-65(79(111)112)94-76(108)63(41-96)92-70(57)102/h4-11,15-20,23-30,40,44-45,54,56-65,67,83-84,96-98H,12-14,21-22,31-39,41-43,80-81H2,1-3H3,(H,82,99)(H,85,103)(H,86,109)(H,87,101)(H,88,105)(H,89,106)(H,90,104)(H,91,110)(H,92,102)(H,93,100)(H,94,108)(H,95,107)(H,111,112)/t45-,54+,56-,57+,58-,59+,60+,61+,62-,63+,64-,65+,67-/m1/s1. The van der Waals surface area contributed by atoms with Gasteiger partial charge in [0, 0.05) is 73.4 Å². The van der Waals surface area contributed by atoms with E-state index >= 15 is 28.8 Å². The molecule has 22 N–H and O–H groups in total. The minimum Gasteiger partial charge on any atom is -0.508 e. The molecule has 5 aromatic carbocycles. The lowest BCUT2D eigenvalue weighted by Gasteiger charge is -2.29. The van der Waals surface area contributed by atoms with Gasteiger partial charge in [-0.05, 0) is 104 Å². The van der Waals surface area contributed by atoms with Crippen LogP contribution in [-0.4, -0.2) is 218 Å². The molecule has 2 aliphatic heterocycles. The first-order valence-corrected chi connectivity index (χ1v) is 40.2. The van der Waals surface area contributed by atoms with Crippen LogP contribution in [0, 0.1) is 0 Å². The van der Waals surface area contributed by atoms with Crippen LogP contribution in [0.15, 0.2) is 140 Å². The van der Waals surface area contributed by atoms with Crippen LogP contribution in [0.2, 0.25) is 0 Å². The quantitative estimate of drug-likeness (QED) is 0.0281. The number of carbonyl (C=O) groups excluding carboxylic acids is 12. The van der Waals surface area contributed by atoms with Crippen LogP contribution in [0.1, 0.15) is 92.7 Å². The van der Waals surface area contributed by atoms with Crippen LogP contribution in [0.25, 0.3) is 10.9 Å². The molecule has 8 rings (SSSR count). The molecule has 114 heavy (non-hydrogen) atoms. The number of nitrogens with one attached hydrogen (secondary N) is 14. The van der Waals surface area contributed by atoms with E-state index in [0.29, 0.717) is 51.7 Å². The number of carbonyl (C=O) groups is 13. The van der Waals surface area contributed by atoms with Crippen LogP contribution in [0.3, 0.4) is 0 Å². The Morgan fingerprint density at radius 1 is 0.535 bits per heavy atom. The van der Waals surface area contributed by atoms with Gasteiger partial charge >= 0.3 is 5.97 Å². The first-order chi connectivity index (χ1) is 54.6. The molecule has 2 aliphatic rings. The summed E-state index contributed by atoms with van der Waals surface area (Å²) in [5.74, 6) is -14.9. The smallest absolute Gasteiger partial charge is 0.327 e. The lowest BCUT2D eigenvalue weighted by molar-refractivity contribution is -0.142. The summed E-state index contributed by atoms with van der Waals surface area (Å²) in [4.78, 5) is 195. The SMILES string of the molecule is CC(C)NCc1ccc(C[C@@H]2NC(=O)[C@H](Cc3c[nH]c4ccccc34)NC(=O)[C@H]3CC(=O)NCCC[C@H](NC(=O)[C@H](Cc4ccccc4)NC(=O)[C@@H]([C@@H](C)O)NC2=O)C(=O)N[C@@H](CO)C(=O)N[C@H](C(=O)O)CSSC[C@@H](NC(=O)[C@@H](N)Cc2ccc(O)cc2)C(=O)N[C@H](CCCCN)C(=O)N[C@H](Cc2ccccc2)C(=O)N3)cc1. The number of aliphatic hydroxyl groups excluding tert-OH is 2. The predicted octanol–water partition coefficient (Wildman–Crippen LogP) is -1.17. The van der Waals surface area contributed by atoms with Gasteiger partial charge in [-0.25, -0.2) is 4.79 Å². The summed E-state index contributed by atoms with van der Waals surface area (Å²) in [5.41, 5.74) is 16.3. The molecule has 1 aromatic heterocycles. The third kappa shape index (κ3) is 27.7. The Balaban J connectivity index is 1.25. The predicted molar refractivity (Wildman–Crippen MR) is 427 cm³/mol. The highest BCUT2D eigenvalue weighted by molar-refractivity contribution is 8.76. The number of carboxylic acid groups (broad SMARTS) is 1. The number of benzene rings is 5. The number of aromatic hydroxyl groups is 1. The zero-order valence-corrected chi connectivity index (χ0v) is 65.1. The Labute approximate surface area is 666 Å². The van der Waals surface area contributed by atoms with Crippen LogP contribution >= 0.6 is 21.6 Å². The molecule has 0 spiro atoms. The second-order valence-electron chi connectivity index (χ2n) is 28.4. The Hall–Kier alpha value is -11.0. The molecule has 2 fully saturated rings. The molecule has 33 nitrogen and oxygen atoms in total. The Bertz CT molecular complexity index is 4280. The van der Waals surface area contributed by atoms with Gasteiger partial charge < -0.3 is 106 Å². The van der Waals surface area contributed by atoms with E-state index in [1.807, 2.05) is 13.8 Å². The summed E-state index contributed by atoms with van der Waals surface area (Å²) in [6.45, 7) is 4.29. The maximum atomic E-state index is 15.6. The number of amides is 12. The maximum Gasteiger partial charge on any atom is 0.327 e. The minimum atomic E-state index is -1.94. The third-order valence-corrected chi connectivity index (χ3v) is 21.4. The molecule has 13 atom stereocenters. The fourth-order valence-electron chi connectivity index (χ4n) is 12.6. The first-order valence-electron chi connectivity index (χ1n) is 37.7. The number of aliphatic carboxylic acids is 1. The highest BCUT2D eigenvalue weighted by Gasteiger charge is 2.39. The molecule has 2 bridgehead atoms. The molecular weight excluding hydrogens is 1510 g/mol. The van der Waals surface area contributed by atoms with Gasteiger partial charge in [-0.1, -0.05) is 151 Å². The Morgan fingerprint density at radius 2 is 1.04 bits per heavy atom. The lowest BCUT2D eigenvalue weighted by Crippen LogP contribution is -2.63. The summed E-state index contributed by atoms with van der Waals surface area (Å²) < 4.78 is 0. The average molecular weight is 1610 g/mol. The summed E-state index contributed by atoms with van der Waals surface area (Å²) in [6.07, 6.45) is -2.41. The number of aromatic amines is 1. The van der Waals surface area contributed by atoms with E-state index in [-0.39, 0.29) is 82.0 Å². The van der Waals surface area contributed by atoms with Crippen LogP contribution in [0.5, 0.6) is 5.75 Å². The van der Waals surface area contributed by atoms with Crippen molar-refractivity contribution in [2.24, 2.45) is 11.5 Å². The van der Waals surface area contributed by atoms with E-state index in [4.69, 9.17) is 11.5 Å². The van der Waals surface area contributed by atoms with E-state index in [0.717, 1.165) is 27.2 Å². The summed E-state index contributed by atoms with van der Waals surface area (Å²) in [5, 5.41) is 77.9. The number of rotatable bonds is 22. The molecule has 0 saturated carbocycles. The number of nitrogens with two attached hydrogens (primary N) is 2. The fourth-order valence-corrected chi connectivity index (χ4v) is 14.9. The van der Waals surface area contributed by atoms with Crippen molar-refractivity contribution in [3.63, 3.8) is 0 Å². The van der Waals surface area contributed by atoms with Crippen LogP contribution in [-0.2, 0) is 101 Å². The van der Waals surface area contributed by atoms with Gasteiger partial charge in [0.25, 0.3) is 0 Å². The number of H-pyrrole nitrogens is 1. The molecule has 0 unspecified atom stereocenters. The normalized spacial score (nSPS) is 23.5. The van der Waals surface area contributed by atoms with Gasteiger partial charge in [0.05, 0.1) is 25.2 Å². The van der Waals surface area contributed by atoms with Gasteiger partial charge in [0.1, 0.15) is 72.2 Å². The van der Waals surface area contributed by atoms with Crippen LogP contribution < -0.4 is 80.6 Å². The van der Waals surface area contributed by atoms with Crippen LogP contribution in [0.4, 0.5) is 0 Å². The molecule has 0 radical (unpaired) electrons. The van der Waals surface area contributed by atoms with E-state index < -0.39 is 181 Å². The number of unbranched alkanes of at least 4 members (excludes halogenated alkanes) is 1. The van der Waals surface area contributed by atoms with Crippen molar-refractivity contribution < 1.29 is 82.8 Å². The minimum absolute atomic E-state index is 0.0538. The number of aliphatic hydroxyl groups is 2. The Morgan fingerprint density at radius 3 is 1.64 bits per heavy atom. The van der Waals surface area contributed by atoms with Gasteiger partial charge in [0.2, 0.25) is 70.9 Å². The number of fused-ring (bicyclic) bond motifs is 8. The zero-order chi connectivity index (χ0) is 82.4. The number of hydrogen-bond acceptors (Lipinski definition) is 21. The van der Waals surface area contributed by atoms with Gasteiger partial charge in [-0.15, -0.1) is 0 Å². The number of phenols is 1. The number of para-hydroxylation sites is 1. The molecule has 0 aliphatic carbocycles. The van der Waals surface area contributed by atoms with Crippen molar-refractivity contribution in [2.75, 3.05) is 31.2 Å². The van der Waals surface area contributed by atoms with E-state index in [1.165, 1.54) is 31.2 Å². The summed E-state index contributed by atoms with van der Waals surface area (Å²) >= 11 is 0. The number of phenolic OH excluding ortho intramolecular Hbond substituents is 1. The highest BCUT2D eigenvalue weighted by Crippen LogP contribution is 2.25. The summed E-state index contributed by atoms with van der Waals surface area (Å²) in [7, 11) is 1.68. The molecular formula is C79H102N16O17S2. The third-order valence-electron chi connectivity index (χ3n) is 19.0. The highest BCUT2D eigenvalue weighted by atomic mass is 33.1. The van der Waals surface area contributed by atoms with E-state index in [2.05, 4.69) is 74.1 Å². The van der Waals surface area contributed by atoms with Gasteiger partial charge in [0.15, 0.2) is 0 Å². The number of carboxylic acids is 1. The number of aromatic nitrogens is 1. The molecule has 3 heterocycles. The largest absolute Gasteiger partial charge is 0.508 e. The molecule has 35 heteroatoms. The molecule has 612 valence electrons. The van der Waals surface area contributed by atoms with Crippen molar-refractivity contribution in [1.82, 2.24) is 74.1 Å². The second kappa shape index (κ2) is 44.5. The molecule has 6 aromatic rings. The first kappa shape index (κ1) is 88.6. The number of hydrogen-bond donors (Lipinski definition) is 20. The zero-order valence-electron chi connectivity index (χ0n) is 63.5. The monoisotopic (exact) mass is 1610 g/mol. The van der Waals surface area contributed by atoms with Gasteiger partial charge in [-0.3, -0.25) is 57.5 Å². The van der Waals surface area contributed by atoms with Crippen molar-refractivity contribution in [1.29, 1.82) is 0 Å². The fraction of sp³-hybridized carbons (Fsp3) is 0.430. The van der Waals surface area contributed by atoms with Gasteiger partial charge in [-0.2, -0.15) is 0 Å². The van der Waals surface area contributed by atoms with Crippen molar-refractivity contribution in [3.05, 3.63) is 173 Å². The van der Waals surface area contributed by atoms with E-state index in [1.54, 1.807) is 115 Å². The van der Waals surface area contributed by atoms with Crippen molar-refractivity contribution in [3.8, 4) is 5.75 Å². The molecule has 2 saturated heterocycles. The maximum absolute atomic E-state index is 15.6. The topological polar surface area (TPSA) is 527 Å². The Kier molecular flexibility index (Phi) is 34.6. The van der Waals surface area contributed by atoms with E-state index in [9.17, 15) is 54.0 Å². The average Bonchev–Trinajstić information content (AvgIpc) is 1.60.